The summed E-state index contributed by atoms with van der Waals surface area (Å²) < 4.78 is 0. The van der Waals surface area contributed by atoms with Crippen molar-refractivity contribution in [3.8, 4) is 0 Å². The van der Waals surface area contributed by atoms with Gasteiger partial charge in [-0.05, 0) is 24.6 Å². The lowest BCUT2D eigenvalue weighted by atomic mass is 10.1. The number of nitro groups is 1. The molecular weight excluding hydrogens is 292 g/mol. The van der Waals surface area contributed by atoms with Crippen LogP contribution in [-0.4, -0.2) is 24.0 Å². The Kier molecular flexibility index (Phi) is 4.28. The summed E-state index contributed by atoms with van der Waals surface area (Å²) >= 11 is 5.80. The van der Waals surface area contributed by atoms with Gasteiger partial charge < -0.3 is 10.2 Å². The first-order valence-electron chi connectivity index (χ1n) is 6.24. The molecule has 110 valence electrons. The highest BCUT2D eigenvalue weighted by molar-refractivity contribution is 6.29. The Hall–Kier alpha value is -2.34. The molecule has 0 bridgehead atoms. The molecule has 2 rings (SSSR count). The molecule has 0 aliphatic carbocycles. The van der Waals surface area contributed by atoms with Crippen molar-refractivity contribution in [3.63, 3.8) is 0 Å². The molecule has 0 amide bonds. The van der Waals surface area contributed by atoms with Crippen molar-refractivity contribution in [2.24, 2.45) is 0 Å². The van der Waals surface area contributed by atoms with Crippen LogP contribution in [0.3, 0.4) is 0 Å². The molecule has 0 aliphatic rings. The highest BCUT2D eigenvalue weighted by atomic mass is 35.5. The van der Waals surface area contributed by atoms with E-state index in [0.717, 1.165) is 16.9 Å². The summed E-state index contributed by atoms with van der Waals surface area (Å²) in [6.07, 6.45) is 0. The summed E-state index contributed by atoms with van der Waals surface area (Å²) in [5, 5.41) is 13.9. The Morgan fingerprint density at radius 1 is 1.29 bits per heavy atom. The molecule has 7 heteroatoms. The summed E-state index contributed by atoms with van der Waals surface area (Å²) in [4.78, 5) is 16.4. The summed E-state index contributed by atoms with van der Waals surface area (Å²) in [6.45, 7) is 2.02. The predicted molar refractivity (Wildman–Crippen MR) is 84.7 cm³/mol. The Labute approximate surface area is 127 Å². The van der Waals surface area contributed by atoms with E-state index in [1.807, 2.05) is 44.1 Å². The molecule has 0 unspecified atom stereocenters. The van der Waals surface area contributed by atoms with Gasteiger partial charge in [-0.2, -0.15) is 0 Å². The molecule has 0 saturated carbocycles. The molecule has 1 aromatic heterocycles. The van der Waals surface area contributed by atoms with Crippen LogP contribution in [0.2, 0.25) is 5.15 Å². The lowest BCUT2D eigenvalue weighted by molar-refractivity contribution is -0.384. The van der Waals surface area contributed by atoms with Gasteiger partial charge in [-0.15, -0.1) is 0 Å². The van der Waals surface area contributed by atoms with Crippen LogP contribution >= 0.6 is 11.6 Å². The van der Waals surface area contributed by atoms with Gasteiger partial charge in [0.05, 0.1) is 17.1 Å². The van der Waals surface area contributed by atoms with Gasteiger partial charge in [-0.3, -0.25) is 10.1 Å². The van der Waals surface area contributed by atoms with E-state index in [9.17, 15) is 10.1 Å². The molecule has 1 heterocycles. The van der Waals surface area contributed by atoms with E-state index < -0.39 is 4.92 Å². The zero-order chi connectivity index (χ0) is 15.6. The first-order valence-corrected chi connectivity index (χ1v) is 6.61. The van der Waals surface area contributed by atoms with Crippen LogP contribution in [0.15, 0.2) is 30.3 Å². The van der Waals surface area contributed by atoms with Gasteiger partial charge in [-0.25, -0.2) is 4.98 Å². The van der Waals surface area contributed by atoms with E-state index in [4.69, 9.17) is 11.6 Å². The van der Waals surface area contributed by atoms with Gasteiger partial charge in [0.1, 0.15) is 11.0 Å². The molecule has 21 heavy (non-hydrogen) atoms. The van der Waals surface area contributed by atoms with Gasteiger partial charge >= 0.3 is 0 Å². The Morgan fingerprint density at radius 3 is 2.62 bits per heavy atom. The standard InChI is InChI=1S/C14H15ClN4O2/c1-9-4-5-10(6-12(9)18(2)3)16-14-8-11(19(20)21)7-13(15)17-14/h4-8H,1-3H3,(H,16,17). The SMILES string of the molecule is Cc1ccc(Nc2cc([N+](=O)[O-])cc(Cl)n2)cc1N(C)C. The van der Waals surface area contributed by atoms with Crippen molar-refractivity contribution < 1.29 is 4.92 Å². The van der Waals surface area contributed by atoms with E-state index >= 15 is 0 Å². The van der Waals surface area contributed by atoms with Crippen molar-refractivity contribution in [1.82, 2.24) is 4.98 Å². The van der Waals surface area contributed by atoms with Gasteiger partial charge in [0, 0.05) is 25.5 Å². The molecule has 0 spiro atoms. The summed E-state index contributed by atoms with van der Waals surface area (Å²) in [6, 6.07) is 8.37. The van der Waals surface area contributed by atoms with Crippen molar-refractivity contribution in [3.05, 3.63) is 51.2 Å². The average Bonchev–Trinajstić information content (AvgIpc) is 2.40. The van der Waals surface area contributed by atoms with Crippen LogP contribution in [0.25, 0.3) is 0 Å². The van der Waals surface area contributed by atoms with E-state index in [1.165, 1.54) is 12.1 Å². The van der Waals surface area contributed by atoms with Crippen LogP contribution in [-0.2, 0) is 0 Å². The zero-order valence-corrected chi connectivity index (χ0v) is 12.7. The van der Waals surface area contributed by atoms with E-state index in [2.05, 4.69) is 10.3 Å². The monoisotopic (exact) mass is 306 g/mol. The van der Waals surface area contributed by atoms with Crippen molar-refractivity contribution in [2.75, 3.05) is 24.3 Å². The third-order valence-corrected chi connectivity index (χ3v) is 3.15. The smallest absolute Gasteiger partial charge is 0.276 e. The molecule has 1 aromatic carbocycles. The minimum atomic E-state index is -0.501. The Bertz CT molecular complexity index is 689. The van der Waals surface area contributed by atoms with Crippen LogP contribution < -0.4 is 10.2 Å². The second kappa shape index (κ2) is 5.97. The van der Waals surface area contributed by atoms with Gasteiger partial charge in [0.2, 0.25) is 0 Å². The van der Waals surface area contributed by atoms with Crippen molar-refractivity contribution in [2.45, 2.75) is 6.92 Å². The maximum atomic E-state index is 10.8. The fourth-order valence-electron chi connectivity index (χ4n) is 1.97. The number of anilines is 3. The Morgan fingerprint density at radius 2 is 2.00 bits per heavy atom. The van der Waals surface area contributed by atoms with Crippen LogP contribution in [0, 0.1) is 17.0 Å². The number of hydrogen-bond donors (Lipinski definition) is 1. The van der Waals surface area contributed by atoms with Crippen LogP contribution in [0.1, 0.15) is 5.56 Å². The predicted octanol–water partition coefficient (Wildman–Crippen LogP) is 3.76. The number of hydrogen-bond acceptors (Lipinski definition) is 5. The maximum absolute atomic E-state index is 10.8. The number of aromatic nitrogens is 1. The van der Waals surface area contributed by atoms with E-state index in [1.54, 1.807) is 0 Å². The number of halogens is 1. The van der Waals surface area contributed by atoms with Crippen LogP contribution in [0.5, 0.6) is 0 Å². The zero-order valence-electron chi connectivity index (χ0n) is 11.9. The topological polar surface area (TPSA) is 71.3 Å². The second-order valence-electron chi connectivity index (χ2n) is 4.81. The fraction of sp³-hybridized carbons (Fsp3) is 0.214. The minimum Gasteiger partial charge on any atom is -0.377 e. The van der Waals surface area contributed by atoms with Crippen molar-refractivity contribution in [1.29, 1.82) is 0 Å². The lowest BCUT2D eigenvalue weighted by Gasteiger charge is -2.17. The highest BCUT2D eigenvalue weighted by Gasteiger charge is 2.11. The molecule has 0 aliphatic heterocycles. The molecule has 0 saturated heterocycles. The first kappa shape index (κ1) is 15.1. The molecule has 6 nitrogen and oxygen atoms in total. The summed E-state index contributed by atoms with van der Waals surface area (Å²) in [5.74, 6) is 0.336. The van der Waals surface area contributed by atoms with Crippen molar-refractivity contribution >= 4 is 34.5 Å². The molecule has 0 fully saturated rings. The molecular formula is C14H15ClN4O2. The van der Waals surface area contributed by atoms with Gasteiger partial charge in [0.25, 0.3) is 5.69 Å². The number of nitrogens with one attached hydrogen (secondary N) is 1. The Balaban J connectivity index is 2.34. The molecule has 2 aromatic rings. The fourth-order valence-corrected chi connectivity index (χ4v) is 2.17. The number of nitrogens with zero attached hydrogens (tertiary/aromatic N) is 3. The lowest BCUT2D eigenvalue weighted by Crippen LogP contribution is -2.10. The molecule has 0 radical (unpaired) electrons. The maximum Gasteiger partial charge on any atom is 0.276 e. The number of pyridine rings is 1. The number of aryl methyl sites for hydroxylation is 1. The second-order valence-corrected chi connectivity index (χ2v) is 5.20. The normalized spacial score (nSPS) is 10.3. The van der Waals surface area contributed by atoms with Gasteiger partial charge in [0.15, 0.2) is 0 Å². The minimum absolute atomic E-state index is 0.0756. The first-order chi connectivity index (χ1) is 9.86. The molecule has 0 atom stereocenters. The van der Waals surface area contributed by atoms with Crippen LogP contribution in [0.4, 0.5) is 22.9 Å². The summed E-state index contributed by atoms with van der Waals surface area (Å²) in [7, 11) is 3.91. The quantitative estimate of drug-likeness (QED) is 0.529. The van der Waals surface area contributed by atoms with Gasteiger partial charge in [-0.1, -0.05) is 17.7 Å². The summed E-state index contributed by atoms with van der Waals surface area (Å²) in [5.41, 5.74) is 2.87. The third kappa shape index (κ3) is 3.61. The van der Waals surface area contributed by atoms with E-state index in [-0.39, 0.29) is 10.8 Å². The molecule has 1 N–H and O–H groups in total. The number of rotatable bonds is 4. The highest BCUT2D eigenvalue weighted by Crippen LogP contribution is 2.27. The largest absolute Gasteiger partial charge is 0.377 e. The average molecular weight is 307 g/mol. The van der Waals surface area contributed by atoms with E-state index in [0.29, 0.717) is 5.82 Å². The third-order valence-electron chi connectivity index (χ3n) is 2.95. The number of benzene rings is 1.